The minimum absolute atomic E-state index is 0.0498. The molecule has 0 aliphatic carbocycles. The van der Waals surface area contributed by atoms with Gasteiger partial charge in [0.2, 0.25) is 5.91 Å². The first kappa shape index (κ1) is 18.1. The molecule has 1 aromatic rings. The van der Waals surface area contributed by atoms with Crippen LogP contribution >= 0.6 is 11.8 Å². The third kappa shape index (κ3) is 3.57. The van der Waals surface area contributed by atoms with Crippen LogP contribution in [0.5, 0.6) is 0 Å². The average molecular weight is 378 g/mol. The fourth-order valence-corrected chi connectivity index (χ4v) is 5.08. The smallest absolute Gasteiger partial charge is 0.274 e. The van der Waals surface area contributed by atoms with Crippen molar-refractivity contribution in [2.45, 2.75) is 37.8 Å². The first-order valence-corrected chi connectivity index (χ1v) is 10.9. The van der Waals surface area contributed by atoms with Crippen LogP contribution in [-0.4, -0.2) is 59.7 Å². The summed E-state index contributed by atoms with van der Waals surface area (Å²) in [5.74, 6) is 1.18. The number of nitrogens with one attached hydrogen (secondary N) is 1. The third-order valence-corrected chi connectivity index (χ3v) is 6.44. The second kappa shape index (κ2) is 7.74. The van der Waals surface area contributed by atoms with Crippen molar-refractivity contribution in [2.75, 3.05) is 43.6 Å². The van der Waals surface area contributed by atoms with E-state index in [1.54, 1.807) is 6.07 Å². The maximum absolute atomic E-state index is 12.9. The number of amides is 1. The predicted octanol–water partition coefficient (Wildman–Crippen LogP) is 1.75. The number of carbonyl (C=O) groups is 1. The molecule has 7 heteroatoms. The molecule has 4 rings (SSSR count). The van der Waals surface area contributed by atoms with Crippen molar-refractivity contribution in [1.29, 1.82) is 0 Å². The van der Waals surface area contributed by atoms with Crippen LogP contribution in [0, 0.1) is 5.92 Å². The number of carbonyl (C=O) groups excluding carboxylic acids is 1. The zero-order valence-electron chi connectivity index (χ0n) is 15.3. The lowest BCUT2D eigenvalue weighted by atomic mass is 9.82. The predicted molar refractivity (Wildman–Crippen MR) is 104 cm³/mol. The molecule has 26 heavy (non-hydrogen) atoms. The van der Waals surface area contributed by atoms with Gasteiger partial charge >= 0.3 is 0 Å². The highest BCUT2D eigenvalue weighted by Crippen LogP contribution is 2.37. The van der Waals surface area contributed by atoms with Gasteiger partial charge < -0.3 is 14.6 Å². The van der Waals surface area contributed by atoms with Gasteiger partial charge in [0.25, 0.3) is 5.56 Å². The monoisotopic (exact) mass is 377 g/mol. The van der Waals surface area contributed by atoms with E-state index >= 15 is 0 Å². The van der Waals surface area contributed by atoms with Crippen molar-refractivity contribution in [1.82, 2.24) is 9.47 Å². The molecule has 3 aliphatic rings. The Labute approximate surface area is 158 Å². The molecule has 0 radical (unpaired) electrons. The molecule has 0 spiro atoms. The number of rotatable bonds is 4. The molecule has 0 aromatic carbocycles. The maximum Gasteiger partial charge on any atom is 0.274 e. The standard InChI is InChI=1S/C19H27N3O3S/c1-26-12-18(23)20-16-2-3-17-14-8-13(10-22(17)19(16)24)9-21(11-14)15-4-6-25-7-5-15/h2-3,13-15H,4-12H2,1H3,(H,20,23). The van der Waals surface area contributed by atoms with E-state index in [4.69, 9.17) is 4.74 Å². The zero-order chi connectivity index (χ0) is 18.1. The van der Waals surface area contributed by atoms with Crippen LogP contribution in [-0.2, 0) is 16.1 Å². The number of aromatic nitrogens is 1. The highest BCUT2D eigenvalue weighted by Gasteiger charge is 2.37. The number of likely N-dealkylation sites (tertiary alicyclic amines) is 1. The van der Waals surface area contributed by atoms with E-state index in [2.05, 4.69) is 10.2 Å². The van der Waals surface area contributed by atoms with Gasteiger partial charge in [-0.05, 0) is 43.6 Å². The van der Waals surface area contributed by atoms with E-state index < -0.39 is 0 Å². The number of hydrogen-bond acceptors (Lipinski definition) is 5. The number of ether oxygens (including phenoxy) is 1. The Hall–Kier alpha value is -1.31. The summed E-state index contributed by atoms with van der Waals surface area (Å²) in [6, 6.07) is 4.46. The number of thioether (sulfide) groups is 1. The lowest BCUT2D eigenvalue weighted by molar-refractivity contribution is -0.113. The quantitative estimate of drug-likeness (QED) is 0.866. The Bertz CT molecular complexity index is 729. The van der Waals surface area contributed by atoms with Gasteiger partial charge in [0.1, 0.15) is 5.69 Å². The van der Waals surface area contributed by atoms with Gasteiger partial charge in [0.15, 0.2) is 0 Å². The molecule has 4 heterocycles. The van der Waals surface area contributed by atoms with Crippen LogP contribution in [0.4, 0.5) is 5.69 Å². The number of nitrogens with zero attached hydrogens (tertiary/aromatic N) is 2. The molecule has 0 saturated carbocycles. The second-order valence-corrected chi connectivity index (χ2v) is 8.53. The van der Waals surface area contributed by atoms with Crippen molar-refractivity contribution in [2.24, 2.45) is 5.92 Å². The molecule has 1 N–H and O–H groups in total. The van der Waals surface area contributed by atoms with Crippen molar-refractivity contribution in [3.05, 3.63) is 28.2 Å². The van der Waals surface area contributed by atoms with Crippen LogP contribution in [0.15, 0.2) is 16.9 Å². The number of anilines is 1. The van der Waals surface area contributed by atoms with Crippen LogP contribution < -0.4 is 10.9 Å². The molecule has 1 aromatic heterocycles. The largest absolute Gasteiger partial charge is 0.381 e. The summed E-state index contributed by atoms with van der Waals surface area (Å²) >= 11 is 1.46. The molecular weight excluding hydrogens is 350 g/mol. The zero-order valence-corrected chi connectivity index (χ0v) is 16.1. The van der Waals surface area contributed by atoms with Crippen molar-refractivity contribution >= 4 is 23.4 Å². The SMILES string of the molecule is CSCC(=O)Nc1ccc2n(c1=O)CC1CC2CN(C2CCOCC2)C1. The molecule has 2 saturated heterocycles. The lowest BCUT2D eigenvalue weighted by Gasteiger charge is -2.46. The number of fused-ring (bicyclic) bond motifs is 4. The molecule has 3 aliphatic heterocycles. The number of hydrogen-bond donors (Lipinski definition) is 1. The fourth-order valence-electron chi connectivity index (χ4n) is 4.74. The van der Waals surface area contributed by atoms with Crippen molar-refractivity contribution < 1.29 is 9.53 Å². The summed E-state index contributed by atoms with van der Waals surface area (Å²) < 4.78 is 7.42. The Morgan fingerprint density at radius 2 is 2.08 bits per heavy atom. The molecule has 2 atom stereocenters. The highest BCUT2D eigenvalue weighted by molar-refractivity contribution is 7.99. The van der Waals surface area contributed by atoms with Crippen LogP contribution in [0.3, 0.4) is 0 Å². The third-order valence-electron chi connectivity index (χ3n) is 5.89. The molecule has 6 nitrogen and oxygen atoms in total. The van der Waals surface area contributed by atoms with Crippen LogP contribution in [0.2, 0.25) is 0 Å². The van der Waals surface area contributed by atoms with Gasteiger partial charge in [-0.1, -0.05) is 0 Å². The summed E-state index contributed by atoms with van der Waals surface area (Å²) in [4.78, 5) is 27.4. The Morgan fingerprint density at radius 1 is 1.27 bits per heavy atom. The van der Waals surface area contributed by atoms with Gasteiger partial charge in [-0.15, -0.1) is 0 Å². The van der Waals surface area contributed by atoms with Crippen LogP contribution in [0.1, 0.15) is 30.9 Å². The minimum Gasteiger partial charge on any atom is -0.381 e. The van der Waals surface area contributed by atoms with Gasteiger partial charge in [0.05, 0.1) is 5.75 Å². The lowest BCUT2D eigenvalue weighted by Crippen LogP contribution is -2.51. The molecule has 2 bridgehead atoms. The van der Waals surface area contributed by atoms with E-state index in [1.165, 1.54) is 11.8 Å². The topological polar surface area (TPSA) is 63.6 Å². The maximum atomic E-state index is 12.9. The van der Waals surface area contributed by atoms with E-state index in [9.17, 15) is 9.59 Å². The number of pyridine rings is 1. The number of piperidine rings is 1. The van der Waals surface area contributed by atoms with Gasteiger partial charge in [-0.3, -0.25) is 14.5 Å². The molecule has 142 valence electrons. The summed E-state index contributed by atoms with van der Waals surface area (Å²) in [7, 11) is 0. The molecule has 2 fully saturated rings. The summed E-state index contributed by atoms with van der Waals surface area (Å²) in [5.41, 5.74) is 1.49. The summed E-state index contributed by atoms with van der Waals surface area (Å²) in [5, 5.41) is 2.77. The van der Waals surface area contributed by atoms with E-state index in [-0.39, 0.29) is 11.5 Å². The van der Waals surface area contributed by atoms with Crippen molar-refractivity contribution in [3.63, 3.8) is 0 Å². The highest BCUT2D eigenvalue weighted by atomic mass is 32.2. The average Bonchev–Trinajstić information content (AvgIpc) is 2.65. The first-order chi connectivity index (χ1) is 12.7. The van der Waals surface area contributed by atoms with E-state index in [0.29, 0.717) is 29.3 Å². The van der Waals surface area contributed by atoms with Crippen molar-refractivity contribution in [3.8, 4) is 0 Å². The normalized spacial score (nSPS) is 26.3. The van der Waals surface area contributed by atoms with Gasteiger partial charge in [0, 0.05) is 50.5 Å². The molecule has 1 amide bonds. The molecular formula is C19H27N3O3S. The Morgan fingerprint density at radius 3 is 2.85 bits per heavy atom. The summed E-state index contributed by atoms with van der Waals surface area (Å²) in [6.07, 6.45) is 5.28. The first-order valence-electron chi connectivity index (χ1n) is 9.50. The van der Waals surface area contributed by atoms with Gasteiger partial charge in [-0.2, -0.15) is 11.8 Å². The van der Waals surface area contributed by atoms with E-state index in [1.807, 2.05) is 16.9 Å². The fraction of sp³-hybridized carbons (Fsp3) is 0.684. The van der Waals surface area contributed by atoms with Crippen LogP contribution in [0.25, 0.3) is 0 Å². The minimum atomic E-state index is -0.114. The van der Waals surface area contributed by atoms with Gasteiger partial charge in [-0.25, -0.2) is 0 Å². The Balaban J connectivity index is 1.54. The van der Waals surface area contributed by atoms with E-state index in [0.717, 1.165) is 57.8 Å². The summed E-state index contributed by atoms with van der Waals surface area (Å²) in [6.45, 7) is 4.59. The Kier molecular flexibility index (Phi) is 5.38. The molecule has 2 unspecified atom stereocenters. The second-order valence-electron chi connectivity index (χ2n) is 7.66.